The third-order valence-corrected chi connectivity index (χ3v) is 5.55. The fourth-order valence-corrected chi connectivity index (χ4v) is 4.30. The van der Waals surface area contributed by atoms with Gasteiger partial charge in [-0.25, -0.2) is 4.98 Å². The van der Waals surface area contributed by atoms with E-state index in [0.29, 0.717) is 11.8 Å². The molecule has 1 aliphatic carbocycles. The fraction of sp³-hybridized carbons (Fsp3) is 0.667. The normalized spacial score (nSPS) is 30.3. The number of aromatic nitrogens is 1. The summed E-state index contributed by atoms with van der Waals surface area (Å²) in [5.74, 6) is 1.98. The van der Waals surface area contributed by atoms with Crippen molar-refractivity contribution in [2.45, 2.75) is 44.6 Å². The van der Waals surface area contributed by atoms with Crippen LogP contribution in [0.1, 0.15) is 38.5 Å². The van der Waals surface area contributed by atoms with Gasteiger partial charge in [-0.15, -0.1) is 0 Å². The van der Waals surface area contributed by atoms with Crippen molar-refractivity contribution >= 4 is 17.4 Å². The van der Waals surface area contributed by atoms with Crippen LogP contribution in [0.2, 0.25) is 0 Å². The minimum Gasteiger partial charge on any atom is -0.368 e. The fourth-order valence-electron chi connectivity index (χ4n) is 4.30. The summed E-state index contributed by atoms with van der Waals surface area (Å²) in [4.78, 5) is 19.3. The van der Waals surface area contributed by atoms with E-state index in [0.717, 1.165) is 37.6 Å². The molecule has 2 aliphatic heterocycles. The van der Waals surface area contributed by atoms with Gasteiger partial charge in [-0.3, -0.25) is 4.79 Å². The average molecular weight is 315 g/mol. The van der Waals surface area contributed by atoms with Crippen molar-refractivity contribution in [2.75, 3.05) is 29.9 Å². The predicted octanol–water partition coefficient (Wildman–Crippen LogP) is 2.83. The van der Waals surface area contributed by atoms with E-state index in [1.54, 1.807) is 6.20 Å². The molecule has 2 saturated heterocycles. The summed E-state index contributed by atoms with van der Waals surface area (Å²) in [6.45, 7) is 2.86. The molecule has 5 heteroatoms. The van der Waals surface area contributed by atoms with Gasteiger partial charge in [0.1, 0.15) is 11.9 Å². The minimum absolute atomic E-state index is 0.00944. The maximum Gasteiger partial charge on any atom is 0.253 e. The lowest BCUT2D eigenvalue weighted by Gasteiger charge is -2.28. The number of hydrogen-bond donors (Lipinski definition) is 1. The molecule has 5 nitrogen and oxygen atoms in total. The summed E-state index contributed by atoms with van der Waals surface area (Å²) in [6, 6.07) is 3.86. The molecule has 1 aromatic rings. The van der Waals surface area contributed by atoms with E-state index in [2.05, 4.69) is 15.2 Å². The molecule has 4 rings (SSSR count). The van der Waals surface area contributed by atoms with Crippen LogP contribution in [-0.2, 0) is 9.53 Å². The SMILES string of the molecule is O=C(Nc1ccnc(N2CCCCC2)c1)[C@@H]1OC[C@@H]2CCC[C@@H]21. The molecule has 1 N–H and O–H groups in total. The summed E-state index contributed by atoms with van der Waals surface area (Å²) in [6.07, 6.45) is 8.82. The number of anilines is 2. The Bertz CT molecular complexity index is 571. The molecule has 3 aliphatic rings. The van der Waals surface area contributed by atoms with Gasteiger partial charge < -0.3 is 15.0 Å². The number of amides is 1. The number of carbonyl (C=O) groups is 1. The number of piperidine rings is 1. The highest BCUT2D eigenvalue weighted by Crippen LogP contribution is 2.40. The van der Waals surface area contributed by atoms with Crippen molar-refractivity contribution in [3.63, 3.8) is 0 Å². The zero-order chi connectivity index (χ0) is 15.6. The zero-order valence-corrected chi connectivity index (χ0v) is 13.5. The second-order valence-electron chi connectivity index (χ2n) is 7.05. The molecule has 0 bridgehead atoms. The second-order valence-corrected chi connectivity index (χ2v) is 7.05. The van der Waals surface area contributed by atoms with Crippen molar-refractivity contribution in [3.8, 4) is 0 Å². The molecule has 1 aromatic heterocycles. The van der Waals surface area contributed by atoms with Gasteiger partial charge in [-0.1, -0.05) is 6.42 Å². The standard InChI is InChI=1S/C18H25N3O2/c22-18(17-15-6-4-5-13(15)12-23-17)20-14-7-8-19-16(11-14)21-9-2-1-3-10-21/h7-8,11,13,15,17H,1-6,9-10,12H2,(H,19,20,22)/t13-,15-,17+/m0/s1. The van der Waals surface area contributed by atoms with E-state index in [9.17, 15) is 4.79 Å². The lowest BCUT2D eigenvalue weighted by atomic mass is 9.94. The third kappa shape index (κ3) is 3.07. The van der Waals surface area contributed by atoms with Crippen molar-refractivity contribution < 1.29 is 9.53 Å². The summed E-state index contributed by atoms with van der Waals surface area (Å²) < 4.78 is 5.76. The number of nitrogens with one attached hydrogen (secondary N) is 1. The summed E-state index contributed by atoms with van der Waals surface area (Å²) >= 11 is 0. The van der Waals surface area contributed by atoms with Crippen LogP contribution in [0.5, 0.6) is 0 Å². The van der Waals surface area contributed by atoms with Crippen LogP contribution < -0.4 is 10.2 Å². The van der Waals surface area contributed by atoms with E-state index < -0.39 is 0 Å². The molecule has 0 unspecified atom stereocenters. The highest BCUT2D eigenvalue weighted by atomic mass is 16.5. The zero-order valence-electron chi connectivity index (χ0n) is 13.5. The Kier molecular flexibility index (Phi) is 4.21. The quantitative estimate of drug-likeness (QED) is 0.932. The number of hydrogen-bond acceptors (Lipinski definition) is 4. The lowest BCUT2D eigenvalue weighted by Crippen LogP contribution is -2.33. The van der Waals surface area contributed by atoms with Crippen LogP contribution in [0.15, 0.2) is 18.3 Å². The van der Waals surface area contributed by atoms with E-state index in [4.69, 9.17) is 4.74 Å². The molecule has 3 atom stereocenters. The molecule has 1 amide bonds. The molecule has 1 saturated carbocycles. The Labute approximate surface area is 137 Å². The molecule has 0 radical (unpaired) electrons. The highest BCUT2D eigenvalue weighted by molar-refractivity contribution is 5.94. The van der Waals surface area contributed by atoms with Gasteiger partial charge in [-0.05, 0) is 50.0 Å². The maximum absolute atomic E-state index is 12.6. The Morgan fingerprint density at radius 3 is 2.96 bits per heavy atom. The van der Waals surface area contributed by atoms with Crippen molar-refractivity contribution in [1.29, 1.82) is 0 Å². The molecular formula is C18H25N3O2. The molecule has 0 aromatic carbocycles. The topological polar surface area (TPSA) is 54.5 Å². The van der Waals surface area contributed by atoms with Crippen LogP contribution in [-0.4, -0.2) is 36.7 Å². The van der Waals surface area contributed by atoms with Gasteiger partial charge in [0, 0.05) is 31.0 Å². The summed E-state index contributed by atoms with van der Waals surface area (Å²) in [5.41, 5.74) is 0.829. The van der Waals surface area contributed by atoms with Crippen LogP contribution in [0.3, 0.4) is 0 Å². The second kappa shape index (κ2) is 6.48. The predicted molar refractivity (Wildman–Crippen MR) is 89.5 cm³/mol. The third-order valence-electron chi connectivity index (χ3n) is 5.55. The molecule has 23 heavy (non-hydrogen) atoms. The number of carbonyl (C=O) groups excluding carboxylic acids is 1. The van der Waals surface area contributed by atoms with Gasteiger partial charge in [0.25, 0.3) is 5.91 Å². The van der Waals surface area contributed by atoms with Crippen LogP contribution >= 0.6 is 0 Å². The average Bonchev–Trinajstić information content (AvgIpc) is 3.19. The van der Waals surface area contributed by atoms with Crippen molar-refractivity contribution in [1.82, 2.24) is 4.98 Å². The molecule has 0 spiro atoms. The number of nitrogens with zero attached hydrogens (tertiary/aromatic N) is 2. The molecule has 3 fully saturated rings. The van der Waals surface area contributed by atoms with E-state index >= 15 is 0 Å². The van der Waals surface area contributed by atoms with Gasteiger partial charge in [0.15, 0.2) is 0 Å². The first kappa shape index (κ1) is 14.9. The highest BCUT2D eigenvalue weighted by Gasteiger charge is 2.43. The summed E-state index contributed by atoms with van der Waals surface area (Å²) in [7, 11) is 0. The smallest absolute Gasteiger partial charge is 0.253 e. The van der Waals surface area contributed by atoms with Crippen LogP contribution in [0.25, 0.3) is 0 Å². The van der Waals surface area contributed by atoms with E-state index in [1.807, 2.05) is 12.1 Å². The Balaban J connectivity index is 1.43. The summed E-state index contributed by atoms with van der Waals surface area (Å²) in [5, 5.41) is 3.05. The van der Waals surface area contributed by atoms with Gasteiger partial charge >= 0.3 is 0 Å². The molecule has 3 heterocycles. The number of rotatable bonds is 3. The van der Waals surface area contributed by atoms with E-state index in [-0.39, 0.29) is 12.0 Å². The first-order chi connectivity index (χ1) is 11.3. The maximum atomic E-state index is 12.6. The monoisotopic (exact) mass is 315 g/mol. The number of fused-ring (bicyclic) bond motifs is 1. The lowest BCUT2D eigenvalue weighted by molar-refractivity contribution is -0.126. The Morgan fingerprint density at radius 2 is 2.09 bits per heavy atom. The first-order valence-corrected chi connectivity index (χ1v) is 8.95. The van der Waals surface area contributed by atoms with Crippen LogP contribution in [0.4, 0.5) is 11.5 Å². The van der Waals surface area contributed by atoms with Gasteiger partial charge in [-0.2, -0.15) is 0 Å². The van der Waals surface area contributed by atoms with E-state index in [1.165, 1.54) is 32.1 Å². The van der Waals surface area contributed by atoms with Crippen molar-refractivity contribution in [2.24, 2.45) is 11.8 Å². The largest absolute Gasteiger partial charge is 0.368 e. The first-order valence-electron chi connectivity index (χ1n) is 8.95. The van der Waals surface area contributed by atoms with Gasteiger partial charge in [0.05, 0.1) is 6.61 Å². The molecule has 124 valence electrons. The van der Waals surface area contributed by atoms with Crippen LogP contribution in [0, 0.1) is 11.8 Å². The Hall–Kier alpha value is -1.62. The number of pyridine rings is 1. The molecular weight excluding hydrogens is 290 g/mol. The van der Waals surface area contributed by atoms with Gasteiger partial charge in [0.2, 0.25) is 0 Å². The number of ether oxygens (including phenoxy) is 1. The Morgan fingerprint density at radius 1 is 1.22 bits per heavy atom. The minimum atomic E-state index is -0.269. The van der Waals surface area contributed by atoms with Crippen molar-refractivity contribution in [3.05, 3.63) is 18.3 Å².